The molecule has 0 aliphatic heterocycles. The highest BCUT2D eigenvalue weighted by Gasteiger charge is 2.27. The number of anilines is 1. The number of carbonyl (C=O) groups excluding carboxylic acids is 2. The molecule has 0 aliphatic carbocycles. The summed E-state index contributed by atoms with van der Waals surface area (Å²) in [4.78, 5) is 27.0. The van der Waals surface area contributed by atoms with Crippen molar-refractivity contribution in [2.45, 2.75) is 45.4 Å². The highest BCUT2D eigenvalue weighted by Crippen LogP contribution is 2.15. The molecule has 0 saturated carbocycles. The van der Waals surface area contributed by atoms with Crippen LogP contribution in [-0.2, 0) is 32.8 Å². The van der Waals surface area contributed by atoms with E-state index < -0.39 is 28.0 Å². The maximum Gasteiger partial charge on any atom is 0.408 e. The van der Waals surface area contributed by atoms with E-state index in [9.17, 15) is 18.0 Å². The van der Waals surface area contributed by atoms with Crippen LogP contribution in [0.15, 0.2) is 54.6 Å². The number of rotatable bonds is 8. The molecule has 0 radical (unpaired) electrons. The van der Waals surface area contributed by atoms with Gasteiger partial charge >= 0.3 is 16.4 Å². The third kappa shape index (κ3) is 8.94. The number of amides is 2. The molecular weight excluding hydrogens is 434 g/mol. The highest BCUT2D eigenvalue weighted by molar-refractivity contribution is 7.87. The number of hydrogen-bond acceptors (Lipinski definition) is 5. The van der Waals surface area contributed by atoms with Gasteiger partial charge in [0.2, 0.25) is 5.91 Å². The lowest BCUT2D eigenvalue weighted by molar-refractivity contribution is -0.132. The average Bonchev–Trinajstić information content (AvgIpc) is 2.66. The monoisotopic (exact) mass is 463 g/mol. The van der Waals surface area contributed by atoms with E-state index >= 15 is 0 Å². The number of likely N-dealkylation sites (N-methyl/N-ethyl adjacent to an activating group) is 1. The molecule has 9 nitrogen and oxygen atoms in total. The minimum Gasteiger partial charge on any atom is -0.444 e. The van der Waals surface area contributed by atoms with Gasteiger partial charge < -0.3 is 15.0 Å². The predicted octanol–water partition coefficient (Wildman–Crippen LogP) is 3.00. The zero-order valence-corrected chi connectivity index (χ0v) is 19.3. The minimum atomic E-state index is -4.39. The number of carbonyl (C=O) groups is 2. The van der Waals surface area contributed by atoms with Crippen LogP contribution in [0, 0.1) is 0 Å². The Morgan fingerprint density at radius 3 is 2.16 bits per heavy atom. The van der Waals surface area contributed by atoms with Crippen LogP contribution in [-0.4, -0.2) is 48.6 Å². The molecule has 1 atom stereocenters. The molecule has 0 spiro atoms. The number of nitrogens with zero attached hydrogens (tertiary/aromatic N) is 1. The average molecular weight is 464 g/mol. The van der Waals surface area contributed by atoms with Crippen molar-refractivity contribution in [2.75, 3.05) is 11.8 Å². The van der Waals surface area contributed by atoms with Gasteiger partial charge in [-0.15, -0.1) is 0 Å². The van der Waals surface area contributed by atoms with Crippen LogP contribution < -0.4 is 10.0 Å². The molecule has 10 heteroatoms. The highest BCUT2D eigenvalue weighted by atomic mass is 32.2. The van der Waals surface area contributed by atoms with Crippen molar-refractivity contribution in [1.29, 1.82) is 0 Å². The van der Waals surface area contributed by atoms with Crippen LogP contribution in [0.2, 0.25) is 0 Å². The Labute approximate surface area is 188 Å². The van der Waals surface area contributed by atoms with Crippen LogP contribution in [0.1, 0.15) is 31.9 Å². The lowest BCUT2D eigenvalue weighted by Gasteiger charge is -2.27. The fourth-order valence-electron chi connectivity index (χ4n) is 2.94. The van der Waals surface area contributed by atoms with Gasteiger partial charge in [-0.05, 0) is 44.0 Å². The van der Waals surface area contributed by atoms with Gasteiger partial charge in [0.05, 0.1) is 5.69 Å². The van der Waals surface area contributed by atoms with E-state index in [-0.39, 0.29) is 18.0 Å². The Morgan fingerprint density at radius 2 is 1.62 bits per heavy atom. The van der Waals surface area contributed by atoms with Crippen molar-refractivity contribution >= 4 is 28.0 Å². The standard InChI is InChI=1S/C22H29N3O6S/c1-22(2,3)31-21(27)23-19(20(26)25(4)15-17-8-6-5-7-9-17)14-16-10-12-18(13-11-16)24-32(28,29)30/h5-13,19,24H,14-15H2,1-4H3,(H,23,27)(H,28,29,30). The van der Waals surface area contributed by atoms with Crippen molar-refractivity contribution in [3.05, 3.63) is 65.7 Å². The van der Waals surface area contributed by atoms with Gasteiger partial charge in [-0.3, -0.25) is 14.1 Å². The third-order valence-corrected chi connectivity index (χ3v) is 4.76. The Balaban J connectivity index is 2.17. The predicted molar refractivity (Wildman–Crippen MR) is 121 cm³/mol. The van der Waals surface area contributed by atoms with E-state index in [1.807, 2.05) is 35.1 Å². The summed E-state index contributed by atoms with van der Waals surface area (Å²) in [6.07, 6.45) is -0.558. The van der Waals surface area contributed by atoms with E-state index in [0.717, 1.165) is 5.56 Å². The molecule has 174 valence electrons. The van der Waals surface area contributed by atoms with Gasteiger partial charge in [0.1, 0.15) is 11.6 Å². The second kappa shape index (κ2) is 10.5. The molecule has 0 bridgehead atoms. The van der Waals surface area contributed by atoms with E-state index in [1.165, 1.54) is 17.0 Å². The first-order chi connectivity index (χ1) is 14.8. The van der Waals surface area contributed by atoms with Crippen LogP contribution in [0.3, 0.4) is 0 Å². The third-order valence-electron chi connectivity index (χ3n) is 4.27. The van der Waals surface area contributed by atoms with Crippen molar-refractivity contribution in [3.8, 4) is 0 Å². The van der Waals surface area contributed by atoms with Crippen molar-refractivity contribution in [1.82, 2.24) is 10.2 Å². The first-order valence-electron chi connectivity index (χ1n) is 9.95. The van der Waals surface area contributed by atoms with E-state index in [2.05, 4.69) is 5.32 Å². The molecule has 0 fully saturated rings. The Morgan fingerprint density at radius 1 is 1.03 bits per heavy atom. The normalized spacial score (nSPS) is 12.5. The maximum absolute atomic E-state index is 13.1. The second-order valence-corrected chi connectivity index (χ2v) is 9.51. The molecule has 2 aromatic rings. The molecule has 0 aliphatic rings. The maximum atomic E-state index is 13.1. The minimum absolute atomic E-state index is 0.156. The summed E-state index contributed by atoms with van der Waals surface area (Å²) in [6.45, 7) is 5.55. The van der Waals surface area contributed by atoms with E-state index in [4.69, 9.17) is 9.29 Å². The summed E-state index contributed by atoms with van der Waals surface area (Å²) >= 11 is 0. The number of nitrogens with one attached hydrogen (secondary N) is 2. The smallest absolute Gasteiger partial charge is 0.408 e. The van der Waals surface area contributed by atoms with Crippen LogP contribution in [0.5, 0.6) is 0 Å². The molecule has 0 heterocycles. The summed E-state index contributed by atoms with van der Waals surface area (Å²) in [7, 11) is -2.73. The molecule has 0 saturated heterocycles. The first kappa shape index (κ1) is 25.2. The molecule has 3 N–H and O–H groups in total. The number of hydrogen-bond donors (Lipinski definition) is 3. The summed E-state index contributed by atoms with van der Waals surface area (Å²) in [5.74, 6) is -0.306. The molecule has 2 aromatic carbocycles. The zero-order valence-electron chi connectivity index (χ0n) is 18.5. The van der Waals surface area contributed by atoms with E-state index in [1.54, 1.807) is 40.0 Å². The number of ether oxygens (including phenoxy) is 1. The van der Waals surface area contributed by atoms with Gasteiger partial charge in [0, 0.05) is 20.0 Å². The lowest BCUT2D eigenvalue weighted by Crippen LogP contribution is -2.49. The largest absolute Gasteiger partial charge is 0.444 e. The summed E-state index contributed by atoms with van der Waals surface area (Å²) in [5, 5.41) is 2.64. The summed E-state index contributed by atoms with van der Waals surface area (Å²) in [6, 6.07) is 14.7. The Hall–Kier alpha value is -3.11. The fraction of sp³-hybridized carbons (Fsp3) is 0.364. The molecule has 1 unspecified atom stereocenters. The quantitative estimate of drug-likeness (QED) is 0.517. The van der Waals surface area contributed by atoms with E-state index in [0.29, 0.717) is 12.1 Å². The van der Waals surface area contributed by atoms with Gasteiger partial charge in [-0.25, -0.2) is 4.79 Å². The molecule has 2 amide bonds. The van der Waals surface area contributed by atoms with Crippen molar-refractivity contribution < 1.29 is 27.3 Å². The summed E-state index contributed by atoms with van der Waals surface area (Å²) < 4.78 is 38.0. The fourth-order valence-corrected chi connectivity index (χ4v) is 3.38. The molecular formula is C22H29N3O6S. The van der Waals surface area contributed by atoms with Gasteiger partial charge in [0.25, 0.3) is 0 Å². The topological polar surface area (TPSA) is 125 Å². The van der Waals surface area contributed by atoms with Gasteiger partial charge in [0.15, 0.2) is 0 Å². The van der Waals surface area contributed by atoms with Crippen molar-refractivity contribution in [3.63, 3.8) is 0 Å². The first-order valence-corrected chi connectivity index (χ1v) is 11.4. The zero-order chi connectivity index (χ0) is 23.9. The SMILES string of the molecule is CN(Cc1ccccc1)C(=O)C(Cc1ccc(NS(=O)(=O)O)cc1)NC(=O)OC(C)(C)C. The lowest BCUT2D eigenvalue weighted by atomic mass is 10.0. The van der Waals surface area contributed by atoms with Crippen LogP contribution >= 0.6 is 0 Å². The van der Waals surface area contributed by atoms with Gasteiger partial charge in [-0.2, -0.15) is 8.42 Å². The van der Waals surface area contributed by atoms with Crippen LogP contribution in [0.4, 0.5) is 10.5 Å². The molecule has 32 heavy (non-hydrogen) atoms. The van der Waals surface area contributed by atoms with Gasteiger partial charge in [-0.1, -0.05) is 42.5 Å². The Kier molecular flexibility index (Phi) is 8.23. The number of benzene rings is 2. The summed E-state index contributed by atoms with van der Waals surface area (Å²) in [5.41, 5.74) is 1.06. The van der Waals surface area contributed by atoms with Crippen LogP contribution in [0.25, 0.3) is 0 Å². The second-order valence-electron chi connectivity index (χ2n) is 8.36. The number of alkyl carbamates (subject to hydrolysis) is 1. The van der Waals surface area contributed by atoms with Crippen molar-refractivity contribution in [2.24, 2.45) is 0 Å². The Bertz CT molecular complexity index is 1020. The molecule has 2 rings (SSSR count). The molecule has 0 aromatic heterocycles.